The van der Waals surface area contributed by atoms with Gasteiger partial charge in [-0.05, 0) is 41.0 Å². The Hall–Kier alpha value is -1.50. The second-order valence-corrected chi connectivity index (χ2v) is 6.60. The Labute approximate surface area is 134 Å². The molecule has 0 unspecified atom stereocenters. The minimum Gasteiger partial charge on any atom is -0.444 e. The Morgan fingerprint density at radius 3 is 2.14 bits per heavy atom. The number of nitrogens with one attached hydrogen (secondary N) is 3. The van der Waals surface area contributed by atoms with E-state index in [0.717, 1.165) is 6.42 Å². The van der Waals surface area contributed by atoms with E-state index in [2.05, 4.69) is 20.9 Å². The summed E-state index contributed by atoms with van der Waals surface area (Å²) in [5.74, 6) is 0.711. The Kier molecular flexibility index (Phi) is 8.86. The van der Waals surface area contributed by atoms with E-state index >= 15 is 0 Å². The third kappa shape index (κ3) is 11.2. The van der Waals surface area contributed by atoms with Crippen LogP contribution in [0.3, 0.4) is 0 Å². The van der Waals surface area contributed by atoms with Crippen LogP contribution in [0.25, 0.3) is 0 Å². The van der Waals surface area contributed by atoms with Crippen molar-refractivity contribution >= 4 is 12.1 Å². The Morgan fingerprint density at radius 2 is 1.64 bits per heavy atom. The van der Waals surface area contributed by atoms with Gasteiger partial charge in [0.15, 0.2) is 5.96 Å². The average molecular weight is 316 g/mol. The van der Waals surface area contributed by atoms with Gasteiger partial charge in [0.2, 0.25) is 0 Å². The molecule has 0 aromatic carbocycles. The molecule has 1 amide bonds. The van der Waals surface area contributed by atoms with Gasteiger partial charge >= 0.3 is 6.09 Å². The molecule has 7 heteroatoms. The highest BCUT2D eigenvalue weighted by atomic mass is 16.6. The lowest BCUT2D eigenvalue weighted by Gasteiger charge is -2.24. The first-order valence-corrected chi connectivity index (χ1v) is 7.56. The summed E-state index contributed by atoms with van der Waals surface area (Å²) in [6.07, 6.45) is 0.380. The standard InChI is InChI=1S/C15H32N4O3/c1-14(2,3)22-13(20)18-10-8-9-17-12(16-6)19-11-15(4,5)21-7/h8-11H2,1-7H3,(H,18,20)(H2,16,17,19). The van der Waals surface area contributed by atoms with Crippen molar-refractivity contribution in [3.05, 3.63) is 0 Å². The molecule has 0 radical (unpaired) electrons. The van der Waals surface area contributed by atoms with Crippen molar-refractivity contribution in [1.82, 2.24) is 16.0 Å². The van der Waals surface area contributed by atoms with Gasteiger partial charge in [0, 0.05) is 33.8 Å². The molecule has 0 aromatic heterocycles. The molecule has 7 nitrogen and oxygen atoms in total. The monoisotopic (exact) mass is 316 g/mol. The number of ether oxygens (including phenoxy) is 2. The number of carbonyl (C=O) groups is 1. The fraction of sp³-hybridized carbons (Fsp3) is 0.867. The van der Waals surface area contributed by atoms with Crippen molar-refractivity contribution in [2.45, 2.75) is 52.2 Å². The summed E-state index contributed by atoms with van der Waals surface area (Å²) in [5, 5.41) is 9.09. The molecular weight excluding hydrogens is 284 g/mol. The van der Waals surface area contributed by atoms with Crippen molar-refractivity contribution < 1.29 is 14.3 Å². The largest absolute Gasteiger partial charge is 0.444 e. The minimum absolute atomic E-state index is 0.254. The molecule has 0 aromatic rings. The molecule has 0 aliphatic carbocycles. The zero-order chi connectivity index (χ0) is 17.2. The van der Waals surface area contributed by atoms with Gasteiger partial charge in [-0.3, -0.25) is 4.99 Å². The summed E-state index contributed by atoms with van der Waals surface area (Å²) < 4.78 is 10.5. The number of guanidine groups is 1. The van der Waals surface area contributed by atoms with Crippen molar-refractivity contribution in [3.63, 3.8) is 0 Å². The first-order valence-electron chi connectivity index (χ1n) is 7.56. The Morgan fingerprint density at radius 1 is 1.05 bits per heavy atom. The summed E-state index contributed by atoms with van der Waals surface area (Å²) >= 11 is 0. The van der Waals surface area contributed by atoms with Crippen LogP contribution >= 0.6 is 0 Å². The van der Waals surface area contributed by atoms with Crippen molar-refractivity contribution in [2.75, 3.05) is 33.8 Å². The highest BCUT2D eigenvalue weighted by Gasteiger charge is 2.17. The molecule has 130 valence electrons. The third-order valence-electron chi connectivity index (χ3n) is 2.77. The van der Waals surface area contributed by atoms with E-state index in [9.17, 15) is 4.79 Å². The number of methoxy groups -OCH3 is 1. The smallest absolute Gasteiger partial charge is 0.407 e. The molecule has 0 heterocycles. The van der Waals surface area contributed by atoms with Gasteiger partial charge in [0.25, 0.3) is 0 Å². The van der Waals surface area contributed by atoms with Crippen LogP contribution in [0, 0.1) is 0 Å². The number of carbonyl (C=O) groups excluding carboxylic acids is 1. The van der Waals surface area contributed by atoms with Crippen LogP contribution in [0.4, 0.5) is 4.79 Å². The first-order chi connectivity index (χ1) is 10.1. The number of hydrogen-bond donors (Lipinski definition) is 3. The molecule has 0 fully saturated rings. The van der Waals surface area contributed by atoms with E-state index < -0.39 is 11.7 Å². The molecule has 0 bridgehead atoms. The molecule has 0 saturated heterocycles. The average Bonchev–Trinajstić information content (AvgIpc) is 2.39. The van der Waals surface area contributed by atoms with E-state index in [1.54, 1.807) is 14.2 Å². The van der Waals surface area contributed by atoms with Gasteiger partial charge in [-0.2, -0.15) is 0 Å². The number of nitrogens with zero attached hydrogens (tertiary/aromatic N) is 1. The molecule has 0 spiro atoms. The maximum Gasteiger partial charge on any atom is 0.407 e. The predicted octanol–water partition coefficient (Wildman–Crippen LogP) is 1.49. The normalized spacial score (nSPS) is 12.8. The van der Waals surface area contributed by atoms with Crippen LogP contribution in [-0.4, -0.2) is 57.0 Å². The summed E-state index contributed by atoms with van der Waals surface area (Å²) in [5.41, 5.74) is -0.724. The molecule has 22 heavy (non-hydrogen) atoms. The number of rotatable bonds is 7. The topological polar surface area (TPSA) is 84.0 Å². The molecular formula is C15H32N4O3. The van der Waals surface area contributed by atoms with Gasteiger partial charge in [-0.1, -0.05) is 0 Å². The van der Waals surface area contributed by atoms with Crippen LogP contribution in [0.15, 0.2) is 4.99 Å². The second kappa shape index (κ2) is 9.50. The van der Waals surface area contributed by atoms with E-state index in [1.165, 1.54) is 0 Å². The lowest BCUT2D eigenvalue weighted by atomic mass is 10.1. The number of hydrogen-bond acceptors (Lipinski definition) is 4. The maximum atomic E-state index is 11.5. The SMILES string of the molecule is CN=C(NCCCNC(=O)OC(C)(C)C)NCC(C)(C)OC. The van der Waals surface area contributed by atoms with Gasteiger partial charge in [0.05, 0.1) is 5.60 Å². The van der Waals surface area contributed by atoms with Crippen molar-refractivity contribution in [2.24, 2.45) is 4.99 Å². The van der Waals surface area contributed by atoms with Crippen molar-refractivity contribution in [3.8, 4) is 0 Å². The molecule has 3 N–H and O–H groups in total. The second-order valence-electron chi connectivity index (χ2n) is 6.60. The Bertz CT molecular complexity index is 362. The highest BCUT2D eigenvalue weighted by Crippen LogP contribution is 2.06. The van der Waals surface area contributed by atoms with Crippen LogP contribution in [-0.2, 0) is 9.47 Å². The fourth-order valence-electron chi connectivity index (χ4n) is 1.39. The van der Waals surface area contributed by atoms with Crippen LogP contribution in [0.1, 0.15) is 41.0 Å². The zero-order valence-corrected chi connectivity index (χ0v) is 15.0. The summed E-state index contributed by atoms with van der Waals surface area (Å²) in [6, 6.07) is 0. The van der Waals surface area contributed by atoms with E-state index in [4.69, 9.17) is 9.47 Å². The van der Waals surface area contributed by atoms with E-state index in [-0.39, 0.29) is 5.60 Å². The number of aliphatic imine (C=N–C) groups is 1. The van der Waals surface area contributed by atoms with Crippen molar-refractivity contribution in [1.29, 1.82) is 0 Å². The molecule has 0 aliphatic heterocycles. The maximum absolute atomic E-state index is 11.5. The van der Waals surface area contributed by atoms with E-state index in [0.29, 0.717) is 25.6 Å². The molecule has 0 saturated carbocycles. The minimum atomic E-state index is -0.470. The van der Waals surface area contributed by atoms with Crippen LogP contribution < -0.4 is 16.0 Å². The molecule has 0 atom stereocenters. The van der Waals surface area contributed by atoms with E-state index in [1.807, 2.05) is 34.6 Å². The first kappa shape index (κ1) is 20.5. The van der Waals surface area contributed by atoms with Gasteiger partial charge in [-0.15, -0.1) is 0 Å². The highest BCUT2D eigenvalue weighted by molar-refractivity contribution is 5.79. The molecule has 0 rings (SSSR count). The van der Waals surface area contributed by atoms with Gasteiger partial charge in [-0.25, -0.2) is 4.79 Å². The predicted molar refractivity (Wildman–Crippen MR) is 89.3 cm³/mol. The molecule has 0 aliphatic rings. The fourth-order valence-corrected chi connectivity index (χ4v) is 1.39. The van der Waals surface area contributed by atoms with Gasteiger partial charge in [0.1, 0.15) is 5.60 Å². The van der Waals surface area contributed by atoms with Gasteiger partial charge < -0.3 is 25.4 Å². The summed E-state index contributed by atoms with van der Waals surface area (Å²) in [7, 11) is 3.40. The van der Waals surface area contributed by atoms with Crippen LogP contribution in [0.2, 0.25) is 0 Å². The summed E-state index contributed by atoms with van der Waals surface area (Å²) in [6.45, 7) is 11.4. The Balaban J connectivity index is 3.83. The number of alkyl carbamates (subject to hydrolysis) is 1. The van der Waals surface area contributed by atoms with Crippen LogP contribution in [0.5, 0.6) is 0 Å². The zero-order valence-electron chi connectivity index (χ0n) is 15.0. The summed E-state index contributed by atoms with van der Waals surface area (Å²) in [4.78, 5) is 15.6. The third-order valence-corrected chi connectivity index (χ3v) is 2.77. The quantitative estimate of drug-likeness (QED) is 0.376. The lowest BCUT2D eigenvalue weighted by molar-refractivity contribution is 0.0268. The number of amides is 1. The lowest BCUT2D eigenvalue weighted by Crippen LogP contribution is -2.45.